The van der Waals surface area contributed by atoms with Crippen LogP contribution in [0.2, 0.25) is 0 Å². The summed E-state index contributed by atoms with van der Waals surface area (Å²) in [6, 6.07) is 0.690. The number of aryl methyl sites for hydroxylation is 2. The summed E-state index contributed by atoms with van der Waals surface area (Å²) in [5.41, 5.74) is 2.46. The van der Waals surface area contributed by atoms with Gasteiger partial charge in [-0.15, -0.1) is 0 Å². The van der Waals surface area contributed by atoms with Gasteiger partial charge in [0.2, 0.25) is 0 Å². The first-order valence-electron chi connectivity index (χ1n) is 7.00. The van der Waals surface area contributed by atoms with Crippen LogP contribution in [-0.4, -0.2) is 40.4 Å². The quantitative estimate of drug-likeness (QED) is 0.861. The lowest BCUT2D eigenvalue weighted by Gasteiger charge is -2.20. The first-order chi connectivity index (χ1) is 8.56. The molecule has 0 radical (unpaired) electrons. The Labute approximate surface area is 110 Å². The summed E-state index contributed by atoms with van der Waals surface area (Å²) >= 11 is 0. The zero-order chi connectivity index (χ0) is 13.1. The van der Waals surface area contributed by atoms with Gasteiger partial charge in [0.05, 0.1) is 5.69 Å². The number of likely N-dealkylation sites (tertiary alicyclic amines) is 1. The van der Waals surface area contributed by atoms with Crippen molar-refractivity contribution in [2.45, 2.75) is 39.8 Å². The third-order valence-electron chi connectivity index (χ3n) is 3.91. The van der Waals surface area contributed by atoms with Gasteiger partial charge in [-0.3, -0.25) is 4.68 Å². The highest BCUT2D eigenvalue weighted by atomic mass is 15.3. The molecule has 4 heteroatoms. The van der Waals surface area contributed by atoms with Crippen molar-refractivity contribution in [3.63, 3.8) is 0 Å². The number of hydrogen-bond acceptors (Lipinski definition) is 3. The monoisotopic (exact) mass is 250 g/mol. The van der Waals surface area contributed by atoms with Crippen LogP contribution in [-0.2, 0) is 13.6 Å². The Kier molecular flexibility index (Phi) is 4.40. The van der Waals surface area contributed by atoms with E-state index in [0.29, 0.717) is 6.04 Å². The van der Waals surface area contributed by atoms with Crippen molar-refractivity contribution in [1.29, 1.82) is 0 Å². The molecule has 2 rings (SSSR count). The minimum atomic E-state index is 0.690. The number of hydrogen-bond donors (Lipinski definition) is 1. The summed E-state index contributed by atoms with van der Waals surface area (Å²) in [6.07, 6.45) is 3.44. The van der Waals surface area contributed by atoms with E-state index in [2.05, 4.69) is 42.3 Å². The van der Waals surface area contributed by atoms with E-state index in [4.69, 9.17) is 0 Å². The average molecular weight is 250 g/mol. The predicted octanol–water partition coefficient (Wildman–Crippen LogP) is 1.55. The van der Waals surface area contributed by atoms with E-state index in [-0.39, 0.29) is 0 Å². The maximum atomic E-state index is 4.37. The fourth-order valence-electron chi connectivity index (χ4n) is 2.73. The molecule has 1 aromatic heterocycles. The van der Waals surface area contributed by atoms with Crippen molar-refractivity contribution in [2.24, 2.45) is 13.0 Å². The van der Waals surface area contributed by atoms with Crippen LogP contribution in [0, 0.1) is 12.8 Å². The average Bonchev–Trinajstić information content (AvgIpc) is 2.87. The Balaban J connectivity index is 1.72. The van der Waals surface area contributed by atoms with Gasteiger partial charge in [0.1, 0.15) is 0 Å². The summed E-state index contributed by atoms with van der Waals surface area (Å²) in [5.74, 6) is 0.810. The molecule has 1 aromatic rings. The van der Waals surface area contributed by atoms with Crippen LogP contribution in [0.25, 0.3) is 0 Å². The molecule has 18 heavy (non-hydrogen) atoms. The van der Waals surface area contributed by atoms with Gasteiger partial charge in [-0.2, -0.15) is 5.10 Å². The zero-order valence-electron chi connectivity index (χ0n) is 12.1. The molecule has 1 unspecified atom stereocenters. The first-order valence-corrected chi connectivity index (χ1v) is 7.00. The Hall–Kier alpha value is -0.870. The maximum Gasteiger partial charge on any atom is 0.0638 e. The fraction of sp³-hybridized carbons (Fsp3) is 0.786. The van der Waals surface area contributed by atoms with Crippen LogP contribution >= 0.6 is 0 Å². The molecule has 1 saturated heterocycles. The number of aromatic nitrogens is 2. The van der Waals surface area contributed by atoms with E-state index in [1.165, 1.54) is 25.1 Å². The largest absolute Gasteiger partial charge is 0.312 e. The van der Waals surface area contributed by atoms with Gasteiger partial charge in [0, 0.05) is 37.9 Å². The van der Waals surface area contributed by atoms with Gasteiger partial charge >= 0.3 is 0 Å². The van der Waals surface area contributed by atoms with Crippen LogP contribution in [0.5, 0.6) is 0 Å². The second-order valence-electron chi connectivity index (χ2n) is 5.79. The molecular weight excluding hydrogens is 224 g/mol. The molecular formula is C14H26N4. The van der Waals surface area contributed by atoms with Crippen LogP contribution < -0.4 is 5.32 Å². The van der Waals surface area contributed by atoms with Gasteiger partial charge in [0.25, 0.3) is 0 Å². The lowest BCUT2D eigenvalue weighted by molar-refractivity contribution is 0.264. The highest BCUT2D eigenvalue weighted by Gasteiger charge is 2.23. The van der Waals surface area contributed by atoms with Crippen LogP contribution in [0.15, 0.2) is 6.20 Å². The molecule has 1 atom stereocenters. The number of nitrogens with one attached hydrogen (secondary N) is 1. The van der Waals surface area contributed by atoms with Gasteiger partial charge in [0.15, 0.2) is 0 Å². The predicted molar refractivity (Wildman–Crippen MR) is 74.5 cm³/mol. The van der Waals surface area contributed by atoms with Crippen LogP contribution in [0.4, 0.5) is 0 Å². The van der Waals surface area contributed by atoms with Crippen molar-refractivity contribution in [2.75, 3.05) is 19.6 Å². The molecule has 1 N–H and O–H groups in total. The molecule has 0 amide bonds. The van der Waals surface area contributed by atoms with Gasteiger partial charge in [-0.05, 0) is 46.2 Å². The molecule has 1 aliphatic rings. The van der Waals surface area contributed by atoms with E-state index < -0.39 is 0 Å². The molecule has 1 aliphatic heterocycles. The van der Waals surface area contributed by atoms with Gasteiger partial charge in [-0.25, -0.2) is 0 Å². The maximum absolute atomic E-state index is 4.37. The van der Waals surface area contributed by atoms with Gasteiger partial charge < -0.3 is 10.2 Å². The second kappa shape index (κ2) is 5.85. The molecule has 102 valence electrons. The Bertz CT molecular complexity index is 383. The first kappa shape index (κ1) is 13.6. The standard InChI is InChI=1S/C14H26N4/c1-11(2)18-6-5-13(9-18)7-15-8-14-10-17(4)16-12(14)3/h10-11,13,15H,5-9H2,1-4H3. The lowest BCUT2D eigenvalue weighted by atomic mass is 10.1. The van der Waals surface area contributed by atoms with E-state index in [1.54, 1.807) is 0 Å². The zero-order valence-corrected chi connectivity index (χ0v) is 12.1. The van der Waals surface area contributed by atoms with E-state index in [0.717, 1.165) is 24.7 Å². The molecule has 4 nitrogen and oxygen atoms in total. The van der Waals surface area contributed by atoms with E-state index in [1.807, 2.05) is 11.7 Å². The Morgan fingerprint density at radius 2 is 2.28 bits per heavy atom. The summed E-state index contributed by atoms with van der Waals surface area (Å²) in [5, 5.41) is 7.94. The molecule has 0 aliphatic carbocycles. The molecule has 0 spiro atoms. The van der Waals surface area contributed by atoms with E-state index in [9.17, 15) is 0 Å². The number of rotatable bonds is 5. The summed E-state index contributed by atoms with van der Waals surface area (Å²) < 4.78 is 1.89. The topological polar surface area (TPSA) is 33.1 Å². The molecule has 1 fully saturated rings. The Morgan fingerprint density at radius 3 is 2.83 bits per heavy atom. The van der Waals surface area contributed by atoms with Crippen LogP contribution in [0.1, 0.15) is 31.5 Å². The Morgan fingerprint density at radius 1 is 1.50 bits per heavy atom. The van der Waals surface area contributed by atoms with Crippen LogP contribution in [0.3, 0.4) is 0 Å². The van der Waals surface area contributed by atoms with Gasteiger partial charge in [-0.1, -0.05) is 0 Å². The minimum Gasteiger partial charge on any atom is -0.312 e. The van der Waals surface area contributed by atoms with E-state index >= 15 is 0 Å². The summed E-state index contributed by atoms with van der Waals surface area (Å²) in [6.45, 7) is 11.2. The fourth-order valence-corrected chi connectivity index (χ4v) is 2.73. The van der Waals surface area contributed by atoms with Crippen molar-refractivity contribution in [3.8, 4) is 0 Å². The number of nitrogens with zero attached hydrogens (tertiary/aromatic N) is 3. The molecule has 0 bridgehead atoms. The normalized spacial score (nSPS) is 21.1. The second-order valence-corrected chi connectivity index (χ2v) is 5.79. The smallest absolute Gasteiger partial charge is 0.0638 e. The molecule has 0 aromatic carbocycles. The summed E-state index contributed by atoms with van der Waals surface area (Å²) in [7, 11) is 1.98. The van der Waals surface area contributed by atoms with Crippen molar-refractivity contribution < 1.29 is 0 Å². The van der Waals surface area contributed by atoms with Crippen molar-refractivity contribution in [1.82, 2.24) is 20.0 Å². The SMILES string of the molecule is Cc1nn(C)cc1CNCC1CCN(C(C)C)C1. The highest BCUT2D eigenvalue weighted by Crippen LogP contribution is 2.17. The lowest BCUT2D eigenvalue weighted by Crippen LogP contribution is -2.30. The highest BCUT2D eigenvalue weighted by molar-refractivity contribution is 5.14. The van der Waals surface area contributed by atoms with Crippen molar-refractivity contribution >= 4 is 0 Å². The minimum absolute atomic E-state index is 0.690. The molecule has 0 saturated carbocycles. The third-order valence-corrected chi connectivity index (χ3v) is 3.91. The van der Waals surface area contributed by atoms with Crippen molar-refractivity contribution in [3.05, 3.63) is 17.5 Å². The molecule has 2 heterocycles. The third kappa shape index (κ3) is 3.33. The summed E-state index contributed by atoms with van der Waals surface area (Å²) in [4.78, 5) is 2.57.